The predicted octanol–water partition coefficient (Wildman–Crippen LogP) is 0.933. The SMILES string of the molecule is CCCn1cnc2c1CN(S(=O)(=O)CCC)C(C(=O)OC)C2. The van der Waals surface area contributed by atoms with E-state index in [9.17, 15) is 13.2 Å². The molecule has 0 saturated heterocycles. The molecule has 0 fully saturated rings. The van der Waals surface area contributed by atoms with Gasteiger partial charge in [0.1, 0.15) is 6.04 Å². The molecule has 0 saturated carbocycles. The highest BCUT2D eigenvalue weighted by Gasteiger charge is 2.40. The summed E-state index contributed by atoms with van der Waals surface area (Å²) in [5.74, 6) is -0.507. The van der Waals surface area contributed by atoms with Gasteiger partial charge in [0, 0.05) is 13.0 Å². The fourth-order valence-electron chi connectivity index (χ4n) is 2.78. The van der Waals surface area contributed by atoms with Crippen LogP contribution in [0, 0.1) is 0 Å². The van der Waals surface area contributed by atoms with E-state index in [0.29, 0.717) is 6.42 Å². The van der Waals surface area contributed by atoms with Crippen molar-refractivity contribution in [2.75, 3.05) is 12.9 Å². The fourth-order valence-corrected chi connectivity index (χ4v) is 4.40. The van der Waals surface area contributed by atoms with Crippen molar-refractivity contribution in [3.8, 4) is 0 Å². The van der Waals surface area contributed by atoms with Crippen LogP contribution in [0.1, 0.15) is 38.1 Å². The number of rotatable bonds is 6. The van der Waals surface area contributed by atoms with Crippen molar-refractivity contribution in [1.82, 2.24) is 13.9 Å². The van der Waals surface area contributed by atoms with Crippen molar-refractivity contribution in [2.45, 2.75) is 52.2 Å². The number of hydrogen-bond donors (Lipinski definition) is 0. The number of methoxy groups -OCH3 is 1. The van der Waals surface area contributed by atoms with Gasteiger partial charge in [0.25, 0.3) is 0 Å². The van der Waals surface area contributed by atoms with Crippen molar-refractivity contribution >= 4 is 16.0 Å². The maximum Gasteiger partial charge on any atom is 0.324 e. The summed E-state index contributed by atoms with van der Waals surface area (Å²) in [6, 6.07) is -0.820. The monoisotopic (exact) mass is 329 g/mol. The molecule has 0 amide bonds. The topological polar surface area (TPSA) is 81.5 Å². The highest BCUT2D eigenvalue weighted by molar-refractivity contribution is 7.89. The van der Waals surface area contributed by atoms with Crippen LogP contribution in [0.3, 0.4) is 0 Å². The zero-order chi connectivity index (χ0) is 16.3. The van der Waals surface area contributed by atoms with Crippen LogP contribution in [0.4, 0.5) is 0 Å². The summed E-state index contributed by atoms with van der Waals surface area (Å²) in [6.45, 7) is 4.82. The zero-order valence-corrected chi connectivity index (χ0v) is 14.1. The summed E-state index contributed by atoms with van der Waals surface area (Å²) in [5.41, 5.74) is 1.66. The lowest BCUT2D eigenvalue weighted by Crippen LogP contribution is -2.50. The molecule has 1 aromatic rings. The number of hydrogen-bond acceptors (Lipinski definition) is 5. The molecule has 0 aromatic carbocycles. The van der Waals surface area contributed by atoms with Gasteiger partial charge in [-0.1, -0.05) is 13.8 Å². The van der Waals surface area contributed by atoms with Gasteiger partial charge in [-0.25, -0.2) is 13.4 Å². The van der Waals surface area contributed by atoms with E-state index in [2.05, 4.69) is 11.9 Å². The molecule has 0 aliphatic carbocycles. The minimum Gasteiger partial charge on any atom is -0.468 e. The highest BCUT2D eigenvalue weighted by Crippen LogP contribution is 2.26. The van der Waals surface area contributed by atoms with Crippen molar-refractivity contribution < 1.29 is 17.9 Å². The lowest BCUT2D eigenvalue weighted by molar-refractivity contribution is -0.145. The van der Waals surface area contributed by atoms with Crippen molar-refractivity contribution in [2.24, 2.45) is 0 Å². The molecule has 1 aliphatic heterocycles. The van der Waals surface area contributed by atoms with E-state index in [0.717, 1.165) is 24.4 Å². The molecule has 0 N–H and O–H groups in total. The first kappa shape index (κ1) is 17.0. The molecule has 0 spiro atoms. The number of imidazole rings is 1. The number of aryl methyl sites for hydroxylation is 1. The van der Waals surface area contributed by atoms with Crippen LogP contribution in [-0.2, 0) is 39.1 Å². The molecule has 1 aromatic heterocycles. The molecule has 8 heteroatoms. The van der Waals surface area contributed by atoms with Crippen LogP contribution in [0.25, 0.3) is 0 Å². The number of carbonyl (C=O) groups is 1. The number of nitrogens with zero attached hydrogens (tertiary/aromatic N) is 3. The van der Waals surface area contributed by atoms with Gasteiger partial charge in [0.05, 0.1) is 37.1 Å². The van der Waals surface area contributed by atoms with E-state index in [1.807, 2.05) is 4.57 Å². The van der Waals surface area contributed by atoms with Crippen LogP contribution in [-0.4, -0.2) is 47.1 Å². The summed E-state index contributed by atoms with van der Waals surface area (Å²) in [6.07, 6.45) is 3.43. The van der Waals surface area contributed by atoms with E-state index in [1.54, 1.807) is 13.3 Å². The number of ether oxygens (including phenoxy) is 1. The average molecular weight is 329 g/mol. The normalized spacial score (nSPS) is 19.0. The van der Waals surface area contributed by atoms with E-state index in [-0.39, 0.29) is 18.7 Å². The van der Waals surface area contributed by atoms with Gasteiger partial charge in [-0.3, -0.25) is 4.79 Å². The van der Waals surface area contributed by atoms with E-state index in [1.165, 1.54) is 11.4 Å². The maximum absolute atomic E-state index is 12.5. The van der Waals surface area contributed by atoms with Crippen LogP contribution in [0.5, 0.6) is 0 Å². The Morgan fingerprint density at radius 2 is 2.14 bits per heavy atom. The van der Waals surface area contributed by atoms with Crippen LogP contribution >= 0.6 is 0 Å². The second kappa shape index (κ2) is 6.78. The van der Waals surface area contributed by atoms with Crippen LogP contribution in [0.2, 0.25) is 0 Å². The van der Waals surface area contributed by atoms with Gasteiger partial charge in [-0.15, -0.1) is 0 Å². The number of sulfonamides is 1. The Labute approximate surface area is 131 Å². The molecular formula is C14H23N3O4S. The van der Waals surface area contributed by atoms with Gasteiger partial charge < -0.3 is 9.30 Å². The molecule has 124 valence electrons. The van der Waals surface area contributed by atoms with Crippen molar-refractivity contribution in [3.63, 3.8) is 0 Å². The highest BCUT2D eigenvalue weighted by atomic mass is 32.2. The number of carbonyl (C=O) groups excluding carboxylic acids is 1. The van der Waals surface area contributed by atoms with E-state index < -0.39 is 22.0 Å². The summed E-state index contributed by atoms with van der Waals surface area (Å²) >= 11 is 0. The van der Waals surface area contributed by atoms with Crippen molar-refractivity contribution in [1.29, 1.82) is 0 Å². The largest absolute Gasteiger partial charge is 0.468 e. The molecule has 0 radical (unpaired) electrons. The molecule has 1 atom stereocenters. The van der Waals surface area contributed by atoms with Crippen LogP contribution < -0.4 is 0 Å². The smallest absolute Gasteiger partial charge is 0.324 e. The molecule has 1 unspecified atom stereocenters. The van der Waals surface area contributed by atoms with Gasteiger partial charge >= 0.3 is 5.97 Å². The Balaban J connectivity index is 2.40. The molecule has 1 aliphatic rings. The Bertz CT molecular complexity index is 639. The van der Waals surface area contributed by atoms with Gasteiger partial charge in [-0.05, 0) is 12.8 Å². The quantitative estimate of drug-likeness (QED) is 0.725. The lowest BCUT2D eigenvalue weighted by Gasteiger charge is -2.32. The Hall–Kier alpha value is -1.41. The second-order valence-corrected chi connectivity index (χ2v) is 7.48. The molecule has 2 heterocycles. The molecule has 7 nitrogen and oxygen atoms in total. The predicted molar refractivity (Wildman–Crippen MR) is 81.6 cm³/mol. The van der Waals surface area contributed by atoms with Gasteiger partial charge in [0.15, 0.2) is 0 Å². The Morgan fingerprint density at radius 3 is 2.73 bits per heavy atom. The van der Waals surface area contributed by atoms with Gasteiger partial charge in [0.2, 0.25) is 10.0 Å². The number of esters is 1. The minimum absolute atomic E-state index is 0.0255. The number of aromatic nitrogens is 2. The molecule has 2 rings (SSSR count). The fraction of sp³-hybridized carbons (Fsp3) is 0.714. The van der Waals surface area contributed by atoms with Gasteiger partial charge in [-0.2, -0.15) is 4.31 Å². The maximum atomic E-state index is 12.5. The summed E-state index contributed by atoms with van der Waals surface area (Å²) in [5, 5.41) is 0. The Kier molecular flexibility index (Phi) is 5.23. The number of fused-ring (bicyclic) bond motifs is 1. The standard InChI is InChI=1S/C14H23N3O4S/c1-4-6-16-10-15-11-8-12(14(18)21-3)17(9-13(11)16)22(19,20)7-5-2/h10,12H,4-9H2,1-3H3. The first-order valence-corrected chi connectivity index (χ1v) is 9.15. The average Bonchev–Trinajstić information content (AvgIpc) is 2.88. The first-order valence-electron chi connectivity index (χ1n) is 7.54. The second-order valence-electron chi connectivity index (χ2n) is 5.44. The van der Waals surface area contributed by atoms with E-state index in [4.69, 9.17) is 4.74 Å². The molecule has 22 heavy (non-hydrogen) atoms. The minimum atomic E-state index is -3.50. The summed E-state index contributed by atoms with van der Waals surface area (Å²) in [7, 11) is -2.22. The third kappa shape index (κ3) is 3.17. The van der Waals surface area contributed by atoms with Crippen molar-refractivity contribution in [3.05, 3.63) is 17.7 Å². The summed E-state index contributed by atoms with van der Waals surface area (Å²) < 4.78 is 33.0. The lowest BCUT2D eigenvalue weighted by atomic mass is 10.1. The first-order chi connectivity index (χ1) is 10.4. The molecular weight excluding hydrogens is 306 g/mol. The van der Waals surface area contributed by atoms with E-state index >= 15 is 0 Å². The molecule has 0 bridgehead atoms. The third-order valence-electron chi connectivity index (χ3n) is 3.83. The zero-order valence-electron chi connectivity index (χ0n) is 13.3. The summed E-state index contributed by atoms with van der Waals surface area (Å²) in [4.78, 5) is 16.3. The third-order valence-corrected chi connectivity index (χ3v) is 5.85. The van der Waals surface area contributed by atoms with Crippen LogP contribution in [0.15, 0.2) is 6.33 Å². The Morgan fingerprint density at radius 1 is 1.41 bits per heavy atom.